The molecule has 2 aliphatic rings. The number of benzene rings is 3. The van der Waals surface area contributed by atoms with Gasteiger partial charge in [-0.15, -0.1) is 0 Å². The number of aromatic hydroxyl groups is 1. The van der Waals surface area contributed by atoms with E-state index in [1.807, 2.05) is 54.3 Å². The Morgan fingerprint density at radius 3 is 2.55 bits per heavy atom. The van der Waals surface area contributed by atoms with E-state index in [4.69, 9.17) is 9.47 Å². The van der Waals surface area contributed by atoms with E-state index in [2.05, 4.69) is 0 Å². The van der Waals surface area contributed by atoms with E-state index < -0.39 is 0 Å². The van der Waals surface area contributed by atoms with Crippen LogP contribution in [0.3, 0.4) is 0 Å². The van der Waals surface area contributed by atoms with E-state index in [0.717, 1.165) is 34.4 Å². The van der Waals surface area contributed by atoms with Crippen LogP contribution in [0.1, 0.15) is 38.7 Å². The van der Waals surface area contributed by atoms with Crippen LogP contribution in [-0.4, -0.2) is 29.3 Å². The Morgan fingerprint density at radius 2 is 1.79 bits per heavy atom. The van der Waals surface area contributed by atoms with Crippen molar-refractivity contribution in [2.45, 2.75) is 19.4 Å². The highest BCUT2D eigenvalue weighted by Crippen LogP contribution is 2.43. The predicted molar refractivity (Wildman–Crippen MR) is 108 cm³/mol. The summed E-state index contributed by atoms with van der Waals surface area (Å²) in [6.07, 6.45) is 0.735. The van der Waals surface area contributed by atoms with Crippen LogP contribution in [0.2, 0.25) is 0 Å². The van der Waals surface area contributed by atoms with Crippen molar-refractivity contribution in [1.82, 2.24) is 4.90 Å². The fourth-order valence-corrected chi connectivity index (χ4v) is 4.14. The summed E-state index contributed by atoms with van der Waals surface area (Å²) in [5.41, 5.74) is 4.78. The molecule has 0 spiro atoms. The first-order valence-corrected chi connectivity index (χ1v) is 9.69. The molecule has 1 unspecified atom stereocenters. The minimum Gasteiger partial charge on any atom is -0.508 e. The number of nitrogens with zero attached hydrogens (tertiary/aromatic N) is 1. The van der Waals surface area contributed by atoms with Crippen molar-refractivity contribution in [1.29, 1.82) is 0 Å². The van der Waals surface area contributed by atoms with Crippen LogP contribution in [0.5, 0.6) is 17.2 Å². The number of rotatable bonds is 2. The number of ether oxygens (including phenoxy) is 2. The Hall–Kier alpha value is -3.47. The number of phenolic OH excluding ortho intramolecular Hbond substituents is 1. The van der Waals surface area contributed by atoms with E-state index >= 15 is 0 Å². The first-order valence-electron chi connectivity index (χ1n) is 9.69. The lowest BCUT2D eigenvalue weighted by Crippen LogP contribution is -2.40. The molecule has 29 heavy (non-hydrogen) atoms. The molecule has 0 fully saturated rings. The van der Waals surface area contributed by atoms with Gasteiger partial charge in [-0.1, -0.05) is 29.8 Å². The van der Waals surface area contributed by atoms with Crippen molar-refractivity contribution >= 4 is 5.91 Å². The highest BCUT2D eigenvalue weighted by molar-refractivity contribution is 5.95. The maximum Gasteiger partial charge on any atom is 0.254 e. The molecule has 1 atom stereocenters. The fourth-order valence-electron chi connectivity index (χ4n) is 4.14. The van der Waals surface area contributed by atoms with Gasteiger partial charge >= 0.3 is 0 Å². The minimum atomic E-state index is -0.311. The zero-order chi connectivity index (χ0) is 20.0. The second kappa shape index (κ2) is 6.85. The smallest absolute Gasteiger partial charge is 0.254 e. The molecular weight excluding hydrogens is 366 g/mol. The largest absolute Gasteiger partial charge is 0.508 e. The summed E-state index contributed by atoms with van der Waals surface area (Å²) < 4.78 is 11.1. The van der Waals surface area contributed by atoms with Crippen LogP contribution in [0.15, 0.2) is 60.7 Å². The van der Waals surface area contributed by atoms with Crippen LogP contribution in [0.4, 0.5) is 0 Å². The summed E-state index contributed by atoms with van der Waals surface area (Å²) in [6.45, 7) is 2.80. The molecule has 0 aromatic heterocycles. The van der Waals surface area contributed by atoms with Crippen molar-refractivity contribution in [2.24, 2.45) is 0 Å². The van der Waals surface area contributed by atoms with Gasteiger partial charge in [-0.3, -0.25) is 4.79 Å². The molecule has 2 aliphatic heterocycles. The molecule has 0 bridgehead atoms. The Morgan fingerprint density at radius 1 is 1.03 bits per heavy atom. The maximum atomic E-state index is 13.4. The summed E-state index contributed by atoms with van der Waals surface area (Å²) in [4.78, 5) is 15.3. The van der Waals surface area contributed by atoms with Gasteiger partial charge in [-0.25, -0.2) is 0 Å². The summed E-state index contributed by atoms with van der Waals surface area (Å²) in [6, 6.07) is 18.4. The normalized spacial score (nSPS) is 17.1. The van der Waals surface area contributed by atoms with E-state index in [1.54, 1.807) is 18.2 Å². The molecule has 0 saturated carbocycles. The molecule has 3 aromatic rings. The van der Waals surface area contributed by atoms with Crippen LogP contribution in [0, 0.1) is 6.92 Å². The molecule has 1 N–H and O–H groups in total. The maximum absolute atomic E-state index is 13.4. The van der Waals surface area contributed by atoms with E-state index in [-0.39, 0.29) is 24.5 Å². The highest BCUT2D eigenvalue weighted by Gasteiger charge is 2.34. The summed E-state index contributed by atoms with van der Waals surface area (Å²) in [5.74, 6) is 1.59. The lowest BCUT2D eigenvalue weighted by molar-refractivity contribution is 0.0694. The van der Waals surface area contributed by atoms with Crippen molar-refractivity contribution in [3.8, 4) is 17.2 Å². The van der Waals surface area contributed by atoms with Crippen LogP contribution in [-0.2, 0) is 6.42 Å². The minimum absolute atomic E-state index is 0.0262. The Kier molecular flexibility index (Phi) is 4.16. The van der Waals surface area contributed by atoms with E-state index in [1.165, 1.54) is 0 Å². The lowest BCUT2D eigenvalue weighted by Gasteiger charge is -2.38. The number of fused-ring (bicyclic) bond motifs is 2. The number of carbonyl (C=O) groups is 1. The number of hydrogen-bond donors (Lipinski definition) is 1. The second-order valence-electron chi connectivity index (χ2n) is 7.52. The topological polar surface area (TPSA) is 59.0 Å². The second-order valence-corrected chi connectivity index (χ2v) is 7.52. The SMILES string of the molecule is Cc1ccc(C(=O)N2CCc3cc4c(cc3C2c2cccc(O)c2)OCO4)cc1. The fraction of sp³-hybridized carbons (Fsp3) is 0.208. The molecular formula is C24H21NO4. The van der Waals surface area contributed by atoms with Gasteiger partial charge in [-0.05, 0) is 66.4 Å². The molecule has 5 nitrogen and oxygen atoms in total. The van der Waals surface area contributed by atoms with Gasteiger partial charge < -0.3 is 19.5 Å². The number of phenols is 1. The van der Waals surface area contributed by atoms with Gasteiger partial charge in [0.05, 0.1) is 6.04 Å². The van der Waals surface area contributed by atoms with Crippen LogP contribution in [0.25, 0.3) is 0 Å². The quantitative estimate of drug-likeness (QED) is 0.715. The number of amides is 1. The summed E-state index contributed by atoms with van der Waals surface area (Å²) >= 11 is 0. The Bertz CT molecular complexity index is 1090. The average molecular weight is 387 g/mol. The van der Waals surface area contributed by atoms with E-state index in [0.29, 0.717) is 17.9 Å². The first-order chi connectivity index (χ1) is 14.1. The molecule has 1 amide bonds. The van der Waals surface area contributed by atoms with Crippen LogP contribution >= 0.6 is 0 Å². The van der Waals surface area contributed by atoms with Gasteiger partial charge in [0, 0.05) is 12.1 Å². The molecule has 0 saturated heterocycles. The number of aryl methyl sites for hydroxylation is 1. The lowest BCUT2D eigenvalue weighted by atomic mass is 9.87. The highest BCUT2D eigenvalue weighted by atomic mass is 16.7. The monoisotopic (exact) mass is 387 g/mol. The Labute approximate surface area is 169 Å². The van der Waals surface area contributed by atoms with Crippen LogP contribution < -0.4 is 9.47 Å². The molecule has 146 valence electrons. The third-order valence-corrected chi connectivity index (χ3v) is 5.61. The van der Waals surface area contributed by atoms with Gasteiger partial charge in [0.1, 0.15) is 5.75 Å². The number of hydrogen-bond acceptors (Lipinski definition) is 4. The zero-order valence-electron chi connectivity index (χ0n) is 16.1. The standard InChI is InChI=1S/C24H21NO4/c1-15-5-7-16(8-6-15)24(27)25-10-9-17-12-21-22(29-14-28-21)13-20(17)23(25)18-3-2-4-19(26)11-18/h2-8,11-13,23,26H,9-10,14H2,1H3. The summed E-state index contributed by atoms with van der Waals surface area (Å²) in [7, 11) is 0. The van der Waals surface area contributed by atoms with Gasteiger partial charge in [0.25, 0.3) is 5.91 Å². The molecule has 5 rings (SSSR count). The molecule has 5 heteroatoms. The Balaban J connectivity index is 1.63. The van der Waals surface area contributed by atoms with Crippen molar-refractivity contribution < 1.29 is 19.4 Å². The predicted octanol–water partition coefficient (Wildman–Crippen LogP) is 4.22. The van der Waals surface area contributed by atoms with E-state index in [9.17, 15) is 9.90 Å². The molecule has 0 radical (unpaired) electrons. The van der Waals surface area contributed by atoms with Gasteiger partial charge in [0.15, 0.2) is 11.5 Å². The molecule has 2 heterocycles. The van der Waals surface area contributed by atoms with Crippen molar-refractivity contribution in [3.05, 3.63) is 88.5 Å². The zero-order valence-corrected chi connectivity index (χ0v) is 16.1. The summed E-state index contributed by atoms with van der Waals surface area (Å²) in [5, 5.41) is 10.1. The van der Waals surface area contributed by atoms with Gasteiger partial charge in [-0.2, -0.15) is 0 Å². The van der Waals surface area contributed by atoms with Crippen molar-refractivity contribution in [2.75, 3.05) is 13.3 Å². The third-order valence-electron chi connectivity index (χ3n) is 5.61. The number of carbonyl (C=O) groups excluding carboxylic acids is 1. The van der Waals surface area contributed by atoms with Crippen molar-refractivity contribution in [3.63, 3.8) is 0 Å². The molecule has 3 aromatic carbocycles. The van der Waals surface area contributed by atoms with Gasteiger partial charge in [0.2, 0.25) is 6.79 Å². The third kappa shape index (κ3) is 3.09. The average Bonchev–Trinajstić information content (AvgIpc) is 3.18. The molecule has 0 aliphatic carbocycles. The first kappa shape index (κ1) is 17.6.